The predicted molar refractivity (Wildman–Crippen MR) is 97.7 cm³/mol. The van der Waals surface area contributed by atoms with Crippen molar-refractivity contribution >= 4 is 5.91 Å². The molecule has 2 heterocycles. The van der Waals surface area contributed by atoms with Gasteiger partial charge in [-0.2, -0.15) is 5.10 Å². The number of benzene rings is 1. The molecule has 0 spiro atoms. The van der Waals surface area contributed by atoms with E-state index in [9.17, 15) is 9.59 Å². The van der Waals surface area contributed by atoms with Crippen LogP contribution in [-0.4, -0.2) is 33.7 Å². The number of nitrogens with zero attached hydrogens (tertiary/aromatic N) is 3. The molecule has 0 saturated carbocycles. The Morgan fingerprint density at radius 1 is 1.12 bits per heavy atom. The molecule has 1 aromatic heterocycles. The Balaban J connectivity index is 1.77. The lowest BCUT2D eigenvalue weighted by Gasteiger charge is -2.29. The van der Waals surface area contributed by atoms with Gasteiger partial charge in [0.15, 0.2) is 0 Å². The lowest BCUT2D eigenvalue weighted by atomic mass is 9.76. The summed E-state index contributed by atoms with van der Waals surface area (Å²) in [5.74, 6) is -0.0838. The molecule has 0 N–H and O–H groups in total. The lowest BCUT2D eigenvalue weighted by Crippen LogP contribution is -2.35. The topological polar surface area (TPSA) is 55.2 Å². The minimum absolute atomic E-state index is 0.0838. The van der Waals surface area contributed by atoms with Gasteiger partial charge in [0.05, 0.1) is 0 Å². The number of carbonyl (C=O) groups is 1. The number of aryl methyl sites for hydroxylation is 1. The number of aromatic nitrogens is 2. The Hall–Kier alpha value is -2.43. The summed E-state index contributed by atoms with van der Waals surface area (Å²) >= 11 is 0. The summed E-state index contributed by atoms with van der Waals surface area (Å²) in [4.78, 5) is 26.4. The maximum absolute atomic E-state index is 12.8. The van der Waals surface area contributed by atoms with Crippen LogP contribution < -0.4 is 5.56 Å². The van der Waals surface area contributed by atoms with Crippen LogP contribution in [0.3, 0.4) is 0 Å². The molecular weight excluding hydrogens is 314 g/mol. The summed E-state index contributed by atoms with van der Waals surface area (Å²) < 4.78 is 1.33. The Bertz CT molecular complexity index is 800. The maximum Gasteiger partial charge on any atom is 0.274 e. The van der Waals surface area contributed by atoms with Crippen LogP contribution in [0.2, 0.25) is 0 Å². The van der Waals surface area contributed by atoms with Crippen LogP contribution in [0.15, 0.2) is 47.3 Å². The first-order chi connectivity index (χ1) is 12.0. The summed E-state index contributed by atoms with van der Waals surface area (Å²) in [7, 11) is 0. The SMILES string of the molecule is CCn1nc(C(=O)N2CCCC(C)(c3ccccc3)CC2)ccc1=O. The fourth-order valence-electron chi connectivity index (χ4n) is 3.56. The maximum atomic E-state index is 12.8. The zero-order valence-corrected chi connectivity index (χ0v) is 14.9. The summed E-state index contributed by atoms with van der Waals surface area (Å²) in [5.41, 5.74) is 1.60. The molecule has 0 aliphatic carbocycles. The minimum Gasteiger partial charge on any atom is -0.337 e. The molecule has 1 fully saturated rings. The van der Waals surface area contributed by atoms with Crippen molar-refractivity contribution in [1.82, 2.24) is 14.7 Å². The second kappa shape index (κ2) is 7.21. The normalized spacial score (nSPS) is 21.0. The molecule has 1 unspecified atom stereocenters. The van der Waals surface area contributed by atoms with E-state index in [0.717, 1.165) is 25.8 Å². The predicted octanol–water partition coefficient (Wildman–Crippen LogP) is 2.85. The average molecular weight is 339 g/mol. The number of hydrogen-bond donors (Lipinski definition) is 0. The zero-order valence-electron chi connectivity index (χ0n) is 14.9. The van der Waals surface area contributed by atoms with E-state index in [-0.39, 0.29) is 16.9 Å². The Kier molecular flexibility index (Phi) is 5.02. The van der Waals surface area contributed by atoms with Gasteiger partial charge in [-0.15, -0.1) is 0 Å². The van der Waals surface area contributed by atoms with Gasteiger partial charge in [-0.3, -0.25) is 9.59 Å². The van der Waals surface area contributed by atoms with Crippen LogP contribution in [0, 0.1) is 0 Å². The summed E-state index contributed by atoms with van der Waals surface area (Å²) in [6.45, 7) is 6.03. The van der Waals surface area contributed by atoms with Gasteiger partial charge in [-0.25, -0.2) is 4.68 Å². The molecule has 3 rings (SSSR count). The van der Waals surface area contributed by atoms with Gasteiger partial charge in [0.2, 0.25) is 0 Å². The molecule has 2 aromatic rings. The standard InChI is InChI=1S/C20H25N3O2/c1-3-23-18(24)11-10-17(21-23)19(25)22-14-7-12-20(2,13-15-22)16-8-5-4-6-9-16/h4-6,8-11H,3,7,12-15H2,1-2H3. The van der Waals surface area contributed by atoms with Crippen LogP contribution in [-0.2, 0) is 12.0 Å². The zero-order chi connectivity index (χ0) is 17.9. The monoisotopic (exact) mass is 339 g/mol. The van der Waals surface area contributed by atoms with Gasteiger partial charge in [0, 0.05) is 25.7 Å². The molecule has 1 aliphatic rings. The third-order valence-corrected chi connectivity index (χ3v) is 5.23. The van der Waals surface area contributed by atoms with Gasteiger partial charge < -0.3 is 4.90 Å². The number of likely N-dealkylation sites (tertiary alicyclic amines) is 1. The first-order valence-electron chi connectivity index (χ1n) is 8.96. The fourth-order valence-corrected chi connectivity index (χ4v) is 3.56. The smallest absolute Gasteiger partial charge is 0.274 e. The van der Waals surface area contributed by atoms with E-state index in [1.165, 1.54) is 22.4 Å². The van der Waals surface area contributed by atoms with Crippen molar-refractivity contribution in [2.75, 3.05) is 13.1 Å². The number of amides is 1. The second-order valence-corrected chi connectivity index (χ2v) is 6.95. The van der Waals surface area contributed by atoms with Crippen molar-refractivity contribution in [1.29, 1.82) is 0 Å². The summed E-state index contributed by atoms with van der Waals surface area (Å²) in [6.07, 6.45) is 2.95. The van der Waals surface area contributed by atoms with Gasteiger partial charge in [0.25, 0.3) is 11.5 Å². The van der Waals surface area contributed by atoms with Gasteiger partial charge in [-0.05, 0) is 43.2 Å². The first kappa shape index (κ1) is 17.4. The van der Waals surface area contributed by atoms with Crippen molar-refractivity contribution in [2.45, 2.75) is 45.1 Å². The molecule has 0 bridgehead atoms. The van der Waals surface area contributed by atoms with Crippen molar-refractivity contribution in [3.05, 3.63) is 64.1 Å². The highest BCUT2D eigenvalue weighted by atomic mass is 16.2. The van der Waals surface area contributed by atoms with E-state index in [4.69, 9.17) is 0 Å². The van der Waals surface area contributed by atoms with Crippen LogP contribution in [0.25, 0.3) is 0 Å². The molecule has 132 valence electrons. The van der Waals surface area contributed by atoms with Gasteiger partial charge in [-0.1, -0.05) is 37.3 Å². The highest BCUT2D eigenvalue weighted by Crippen LogP contribution is 2.35. The highest BCUT2D eigenvalue weighted by molar-refractivity contribution is 5.92. The van der Waals surface area contributed by atoms with E-state index >= 15 is 0 Å². The molecular formula is C20H25N3O2. The molecule has 5 heteroatoms. The van der Waals surface area contributed by atoms with E-state index in [1.54, 1.807) is 0 Å². The molecule has 25 heavy (non-hydrogen) atoms. The van der Waals surface area contributed by atoms with Crippen LogP contribution in [0.4, 0.5) is 0 Å². The molecule has 0 radical (unpaired) electrons. The van der Waals surface area contributed by atoms with E-state index in [1.807, 2.05) is 17.9 Å². The number of hydrogen-bond acceptors (Lipinski definition) is 3. The lowest BCUT2D eigenvalue weighted by molar-refractivity contribution is 0.0750. The van der Waals surface area contributed by atoms with Crippen molar-refractivity contribution in [3.8, 4) is 0 Å². The third-order valence-electron chi connectivity index (χ3n) is 5.23. The molecule has 1 amide bonds. The Morgan fingerprint density at radius 2 is 1.88 bits per heavy atom. The van der Waals surface area contributed by atoms with Crippen LogP contribution >= 0.6 is 0 Å². The first-order valence-corrected chi connectivity index (χ1v) is 8.96. The molecule has 1 saturated heterocycles. The van der Waals surface area contributed by atoms with Gasteiger partial charge >= 0.3 is 0 Å². The van der Waals surface area contributed by atoms with Crippen molar-refractivity contribution in [2.24, 2.45) is 0 Å². The van der Waals surface area contributed by atoms with E-state index in [2.05, 4.69) is 36.3 Å². The molecule has 1 atom stereocenters. The molecule has 1 aliphatic heterocycles. The van der Waals surface area contributed by atoms with Crippen molar-refractivity contribution < 1.29 is 4.79 Å². The third kappa shape index (κ3) is 3.65. The Labute approximate surface area is 148 Å². The summed E-state index contributed by atoms with van der Waals surface area (Å²) in [5, 5.41) is 4.20. The average Bonchev–Trinajstić information content (AvgIpc) is 2.85. The Morgan fingerprint density at radius 3 is 2.60 bits per heavy atom. The van der Waals surface area contributed by atoms with Crippen molar-refractivity contribution in [3.63, 3.8) is 0 Å². The molecule has 5 nitrogen and oxygen atoms in total. The molecule has 1 aromatic carbocycles. The quantitative estimate of drug-likeness (QED) is 0.864. The highest BCUT2D eigenvalue weighted by Gasteiger charge is 2.31. The second-order valence-electron chi connectivity index (χ2n) is 6.95. The van der Waals surface area contributed by atoms with E-state index < -0.39 is 0 Å². The van der Waals surface area contributed by atoms with Crippen LogP contribution in [0.5, 0.6) is 0 Å². The number of carbonyl (C=O) groups excluding carboxylic acids is 1. The van der Waals surface area contributed by atoms with E-state index in [0.29, 0.717) is 18.8 Å². The minimum atomic E-state index is -0.174. The van der Waals surface area contributed by atoms with Gasteiger partial charge in [0.1, 0.15) is 5.69 Å². The summed E-state index contributed by atoms with van der Waals surface area (Å²) in [6, 6.07) is 13.5. The largest absolute Gasteiger partial charge is 0.337 e. The van der Waals surface area contributed by atoms with Crippen LogP contribution in [0.1, 0.15) is 49.2 Å². The fraction of sp³-hybridized carbons (Fsp3) is 0.450. The number of rotatable bonds is 3.